The van der Waals surface area contributed by atoms with Gasteiger partial charge in [0, 0.05) is 18.3 Å². The number of carbonyl (C=O) groups excluding carboxylic acids is 2. The Kier molecular flexibility index (Phi) is 7.69. The molecular weight excluding hydrogens is 477 g/mol. The van der Waals surface area contributed by atoms with E-state index in [0.29, 0.717) is 11.3 Å². The number of aromatic nitrogens is 1. The van der Waals surface area contributed by atoms with Crippen LogP contribution in [0.25, 0.3) is 0 Å². The zero-order valence-corrected chi connectivity index (χ0v) is 18.6. The summed E-state index contributed by atoms with van der Waals surface area (Å²) in [4.78, 5) is 40.3. The molecule has 2 aromatic carbocycles. The molecule has 0 aliphatic heterocycles. The predicted molar refractivity (Wildman–Crippen MR) is 123 cm³/mol. The Labute approximate surface area is 198 Å². The van der Waals surface area contributed by atoms with E-state index in [-0.39, 0.29) is 32.7 Å². The number of hydrogen-bond donors (Lipinski definition) is 3. The van der Waals surface area contributed by atoms with Crippen LogP contribution in [0.1, 0.15) is 26.3 Å². The van der Waals surface area contributed by atoms with Crippen molar-refractivity contribution in [2.45, 2.75) is 12.5 Å². The summed E-state index contributed by atoms with van der Waals surface area (Å²) < 4.78 is 0. The predicted octanol–water partition coefficient (Wildman–Crippen LogP) is 4.72. The van der Waals surface area contributed by atoms with Crippen molar-refractivity contribution in [3.05, 3.63) is 92.7 Å². The molecule has 3 rings (SSSR count). The third-order valence-electron chi connectivity index (χ3n) is 4.45. The maximum absolute atomic E-state index is 12.5. The second kappa shape index (κ2) is 10.5. The Morgan fingerprint density at radius 2 is 1.56 bits per heavy atom. The summed E-state index contributed by atoms with van der Waals surface area (Å²) in [6.45, 7) is 0. The van der Waals surface area contributed by atoms with Crippen LogP contribution >= 0.6 is 34.8 Å². The number of rotatable bonds is 7. The van der Waals surface area contributed by atoms with Crippen molar-refractivity contribution < 1.29 is 19.5 Å². The molecule has 3 N–H and O–H groups in total. The Morgan fingerprint density at radius 1 is 0.906 bits per heavy atom. The lowest BCUT2D eigenvalue weighted by atomic mass is 10.0. The van der Waals surface area contributed by atoms with Crippen molar-refractivity contribution in [1.29, 1.82) is 0 Å². The molecule has 1 heterocycles. The maximum atomic E-state index is 12.5. The van der Waals surface area contributed by atoms with Gasteiger partial charge in [-0.3, -0.25) is 9.59 Å². The minimum atomic E-state index is -1.20. The highest BCUT2D eigenvalue weighted by Crippen LogP contribution is 2.25. The van der Waals surface area contributed by atoms with Crippen molar-refractivity contribution >= 4 is 58.3 Å². The van der Waals surface area contributed by atoms with Crippen LogP contribution in [0.5, 0.6) is 0 Å². The lowest BCUT2D eigenvalue weighted by molar-refractivity contribution is -0.139. The number of hydrogen-bond acceptors (Lipinski definition) is 4. The van der Waals surface area contributed by atoms with Crippen LogP contribution in [-0.4, -0.2) is 33.9 Å². The Bertz CT molecular complexity index is 1150. The SMILES string of the molecule is O=C(NC(Cc1ccc(NC(=O)c2c(Cl)cccc2Cl)cc1)C(=O)O)c1cccnc1Cl. The summed E-state index contributed by atoms with van der Waals surface area (Å²) in [6.07, 6.45) is 1.44. The van der Waals surface area contributed by atoms with Crippen LogP contribution in [0, 0.1) is 0 Å². The van der Waals surface area contributed by atoms with E-state index in [1.165, 1.54) is 18.3 Å². The molecule has 0 aliphatic rings. The number of benzene rings is 2. The van der Waals surface area contributed by atoms with Crippen molar-refractivity contribution in [2.24, 2.45) is 0 Å². The van der Waals surface area contributed by atoms with E-state index in [0.717, 1.165) is 0 Å². The fourth-order valence-electron chi connectivity index (χ4n) is 2.86. The van der Waals surface area contributed by atoms with Gasteiger partial charge in [-0.05, 0) is 42.0 Å². The number of halogens is 3. The first-order valence-corrected chi connectivity index (χ1v) is 10.4. The van der Waals surface area contributed by atoms with Gasteiger partial charge in [-0.2, -0.15) is 0 Å². The van der Waals surface area contributed by atoms with Crippen molar-refractivity contribution in [3.63, 3.8) is 0 Å². The number of pyridine rings is 1. The second-order valence-electron chi connectivity index (χ2n) is 6.66. The first-order valence-electron chi connectivity index (χ1n) is 9.24. The molecule has 0 saturated heterocycles. The normalized spacial score (nSPS) is 11.5. The van der Waals surface area contributed by atoms with Gasteiger partial charge >= 0.3 is 5.97 Å². The quantitative estimate of drug-likeness (QED) is 0.414. The van der Waals surface area contributed by atoms with Crippen LogP contribution in [0.15, 0.2) is 60.8 Å². The fraction of sp³-hybridized carbons (Fsp3) is 0.0909. The fourth-order valence-corrected chi connectivity index (χ4v) is 3.63. The molecule has 0 saturated carbocycles. The van der Waals surface area contributed by atoms with E-state index in [9.17, 15) is 19.5 Å². The van der Waals surface area contributed by atoms with Gasteiger partial charge in [0.25, 0.3) is 11.8 Å². The molecule has 0 bridgehead atoms. The van der Waals surface area contributed by atoms with Crippen LogP contribution in [0.2, 0.25) is 15.2 Å². The molecule has 0 radical (unpaired) electrons. The van der Waals surface area contributed by atoms with E-state index in [4.69, 9.17) is 34.8 Å². The van der Waals surface area contributed by atoms with E-state index < -0.39 is 23.8 Å². The highest BCUT2D eigenvalue weighted by Gasteiger charge is 2.22. The summed E-state index contributed by atoms with van der Waals surface area (Å²) in [5, 5.41) is 15.1. The largest absolute Gasteiger partial charge is 0.480 e. The molecule has 164 valence electrons. The third kappa shape index (κ3) is 5.76. The molecule has 0 aliphatic carbocycles. The van der Waals surface area contributed by atoms with Crippen molar-refractivity contribution in [2.75, 3.05) is 5.32 Å². The summed E-state index contributed by atoms with van der Waals surface area (Å²) >= 11 is 18.0. The monoisotopic (exact) mass is 491 g/mol. The Hall–Kier alpha value is -3.13. The molecule has 0 spiro atoms. The zero-order chi connectivity index (χ0) is 23.3. The van der Waals surface area contributed by atoms with Crippen molar-refractivity contribution in [3.8, 4) is 0 Å². The standard InChI is InChI=1S/C22H16Cl3N3O4/c23-15-4-1-5-16(24)18(15)21(30)27-13-8-6-12(7-9-13)11-17(22(31)32)28-20(29)14-3-2-10-26-19(14)25/h1-10,17H,11H2,(H,27,30)(H,28,29)(H,31,32). The molecule has 0 fully saturated rings. The number of anilines is 1. The van der Waals surface area contributed by atoms with Gasteiger partial charge in [-0.15, -0.1) is 0 Å². The number of aliphatic carboxylic acids is 1. The average Bonchev–Trinajstić information content (AvgIpc) is 2.74. The third-order valence-corrected chi connectivity index (χ3v) is 5.38. The van der Waals surface area contributed by atoms with Gasteiger partial charge < -0.3 is 15.7 Å². The maximum Gasteiger partial charge on any atom is 0.326 e. The van der Waals surface area contributed by atoms with Crippen LogP contribution in [0.3, 0.4) is 0 Å². The van der Waals surface area contributed by atoms with Gasteiger partial charge in [-0.1, -0.05) is 53.0 Å². The smallest absolute Gasteiger partial charge is 0.326 e. The van der Waals surface area contributed by atoms with E-state index in [2.05, 4.69) is 15.6 Å². The Balaban J connectivity index is 1.68. The molecule has 1 aromatic heterocycles. The number of nitrogens with zero attached hydrogens (tertiary/aromatic N) is 1. The number of carbonyl (C=O) groups is 3. The second-order valence-corrected chi connectivity index (χ2v) is 7.83. The molecule has 1 atom stereocenters. The number of nitrogens with one attached hydrogen (secondary N) is 2. The van der Waals surface area contributed by atoms with Gasteiger partial charge in [0.15, 0.2) is 0 Å². The van der Waals surface area contributed by atoms with Crippen LogP contribution in [0.4, 0.5) is 5.69 Å². The van der Waals surface area contributed by atoms with Gasteiger partial charge in [0.2, 0.25) is 0 Å². The first-order chi connectivity index (χ1) is 15.3. The summed E-state index contributed by atoms with van der Waals surface area (Å²) in [6, 6.07) is 13.0. The first kappa shape index (κ1) is 23.5. The molecule has 1 unspecified atom stereocenters. The molecule has 7 nitrogen and oxygen atoms in total. The molecule has 32 heavy (non-hydrogen) atoms. The topological polar surface area (TPSA) is 108 Å². The minimum Gasteiger partial charge on any atom is -0.480 e. The molecule has 10 heteroatoms. The van der Waals surface area contributed by atoms with Gasteiger partial charge in [0.05, 0.1) is 21.2 Å². The minimum absolute atomic E-state index is 0.0174. The molecular formula is C22H16Cl3N3O4. The average molecular weight is 493 g/mol. The molecule has 2 amide bonds. The van der Waals surface area contributed by atoms with E-state index in [1.807, 2.05) is 0 Å². The highest BCUT2D eigenvalue weighted by molar-refractivity contribution is 6.40. The zero-order valence-electron chi connectivity index (χ0n) is 16.3. The van der Waals surface area contributed by atoms with Crippen molar-refractivity contribution in [1.82, 2.24) is 10.3 Å². The summed E-state index contributed by atoms with van der Waals surface area (Å²) in [7, 11) is 0. The summed E-state index contributed by atoms with van der Waals surface area (Å²) in [5.74, 6) is -2.32. The lowest BCUT2D eigenvalue weighted by Gasteiger charge is -2.15. The van der Waals surface area contributed by atoms with E-state index in [1.54, 1.807) is 42.5 Å². The lowest BCUT2D eigenvalue weighted by Crippen LogP contribution is -2.42. The number of carboxylic acids is 1. The van der Waals surface area contributed by atoms with Crippen LogP contribution in [-0.2, 0) is 11.2 Å². The molecule has 3 aromatic rings. The van der Waals surface area contributed by atoms with Gasteiger partial charge in [0.1, 0.15) is 11.2 Å². The Morgan fingerprint density at radius 3 is 2.16 bits per heavy atom. The highest BCUT2D eigenvalue weighted by atomic mass is 35.5. The van der Waals surface area contributed by atoms with Gasteiger partial charge in [-0.25, -0.2) is 9.78 Å². The van der Waals surface area contributed by atoms with E-state index >= 15 is 0 Å². The number of amides is 2. The van der Waals surface area contributed by atoms with Crippen LogP contribution < -0.4 is 10.6 Å². The summed E-state index contributed by atoms with van der Waals surface area (Å²) in [5.41, 5.74) is 1.33. The number of carboxylic acid groups (broad SMARTS) is 1.